The third-order valence-electron chi connectivity index (χ3n) is 2.66. The first-order valence-electron chi connectivity index (χ1n) is 4.23. The second-order valence-electron chi connectivity index (χ2n) is 3.18. The van der Waals surface area contributed by atoms with Crippen molar-refractivity contribution < 1.29 is 0 Å². The number of hydrogen-bond acceptors (Lipinski definition) is 0. The Labute approximate surface area is 78.6 Å². The van der Waals surface area contributed by atoms with E-state index in [2.05, 4.69) is 13.8 Å². The summed E-state index contributed by atoms with van der Waals surface area (Å²) in [5.74, 6) is 2.34. The van der Waals surface area contributed by atoms with Gasteiger partial charge in [-0.25, -0.2) is 0 Å². The zero-order chi connectivity index (χ0) is 8.43. The zero-order valence-electron chi connectivity index (χ0n) is 6.98. The van der Waals surface area contributed by atoms with Crippen molar-refractivity contribution in [3.63, 3.8) is 0 Å². The van der Waals surface area contributed by atoms with Gasteiger partial charge in [-0.1, -0.05) is 56.0 Å². The lowest BCUT2D eigenvalue weighted by molar-refractivity contribution is 0.663. The van der Waals surface area contributed by atoms with E-state index in [0.29, 0.717) is 10.4 Å². The van der Waals surface area contributed by atoms with Gasteiger partial charge in [-0.05, 0) is 17.8 Å². The SMILES string of the molecule is CC[C@H]1C(C=C(Cl)Cl)[C@@H]1CC. The van der Waals surface area contributed by atoms with Crippen molar-refractivity contribution in [2.24, 2.45) is 17.8 Å². The van der Waals surface area contributed by atoms with Gasteiger partial charge in [-0.3, -0.25) is 0 Å². The summed E-state index contributed by atoms with van der Waals surface area (Å²) in [7, 11) is 0. The summed E-state index contributed by atoms with van der Waals surface area (Å²) >= 11 is 11.2. The molecule has 64 valence electrons. The third kappa shape index (κ3) is 2.13. The maximum Gasteiger partial charge on any atom is 0.103 e. The lowest BCUT2D eigenvalue weighted by Gasteiger charge is -1.85. The van der Waals surface area contributed by atoms with Gasteiger partial charge in [0.25, 0.3) is 0 Å². The summed E-state index contributed by atoms with van der Waals surface area (Å²) in [4.78, 5) is 0. The minimum absolute atomic E-state index is 0.435. The molecule has 0 heterocycles. The Kier molecular flexibility index (Phi) is 3.27. The Hall–Kier alpha value is 0.320. The van der Waals surface area contributed by atoms with Crippen LogP contribution in [0.4, 0.5) is 0 Å². The van der Waals surface area contributed by atoms with Crippen molar-refractivity contribution in [3.05, 3.63) is 10.6 Å². The van der Waals surface area contributed by atoms with Crippen molar-refractivity contribution in [3.8, 4) is 0 Å². The van der Waals surface area contributed by atoms with Gasteiger partial charge in [0.05, 0.1) is 0 Å². The highest BCUT2D eigenvalue weighted by molar-refractivity contribution is 6.55. The molecular weight excluding hydrogens is 179 g/mol. The van der Waals surface area contributed by atoms with Gasteiger partial charge in [0.15, 0.2) is 0 Å². The lowest BCUT2D eigenvalue weighted by Crippen LogP contribution is -1.74. The first-order chi connectivity index (χ1) is 5.20. The van der Waals surface area contributed by atoms with E-state index < -0.39 is 0 Å². The second kappa shape index (κ2) is 3.82. The predicted molar refractivity (Wildman–Crippen MR) is 50.8 cm³/mol. The Bertz CT molecular complexity index is 149. The fourth-order valence-corrected chi connectivity index (χ4v) is 2.31. The van der Waals surface area contributed by atoms with Gasteiger partial charge < -0.3 is 0 Å². The molecule has 2 heteroatoms. The largest absolute Gasteiger partial charge is 0.103 e. The topological polar surface area (TPSA) is 0 Å². The van der Waals surface area contributed by atoms with Crippen LogP contribution in [0.5, 0.6) is 0 Å². The summed E-state index contributed by atoms with van der Waals surface area (Å²) in [6, 6.07) is 0. The summed E-state index contributed by atoms with van der Waals surface area (Å²) in [5, 5.41) is 0. The van der Waals surface area contributed by atoms with Gasteiger partial charge in [0.1, 0.15) is 4.49 Å². The van der Waals surface area contributed by atoms with Gasteiger partial charge in [-0.2, -0.15) is 0 Å². The molecule has 0 bridgehead atoms. The smallest absolute Gasteiger partial charge is 0.0712 e. The van der Waals surface area contributed by atoms with E-state index in [9.17, 15) is 0 Å². The Morgan fingerprint density at radius 3 is 1.91 bits per heavy atom. The molecule has 0 aliphatic heterocycles. The summed E-state index contributed by atoms with van der Waals surface area (Å²) in [6.07, 6.45) is 4.49. The van der Waals surface area contributed by atoms with E-state index in [-0.39, 0.29) is 0 Å². The van der Waals surface area contributed by atoms with Crippen molar-refractivity contribution in [2.75, 3.05) is 0 Å². The summed E-state index contributed by atoms with van der Waals surface area (Å²) in [5.41, 5.74) is 0. The summed E-state index contributed by atoms with van der Waals surface area (Å²) in [6.45, 7) is 4.45. The number of hydrogen-bond donors (Lipinski definition) is 0. The molecule has 0 saturated heterocycles. The van der Waals surface area contributed by atoms with E-state index in [1.807, 2.05) is 6.08 Å². The molecular formula is C9H14Cl2. The molecule has 0 nitrogen and oxygen atoms in total. The predicted octanol–water partition coefficient (Wildman–Crippen LogP) is 3.99. The fourth-order valence-electron chi connectivity index (χ4n) is 2.02. The van der Waals surface area contributed by atoms with Gasteiger partial charge in [0.2, 0.25) is 0 Å². The maximum absolute atomic E-state index is 5.58. The molecule has 0 aromatic carbocycles. The average molecular weight is 193 g/mol. The maximum atomic E-state index is 5.58. The van der Waals surface area contributed by atoms with Crippen LogP contribution in [-0.2, 0) is 0 Å². The molecule has 1 aliphatic rings. The molecule has 1 saturated carbocycles. The molecule has 1 fully saturated rings. The molecule has 0 aromatic rings. The van der Waals surface area contributed by atoms with E-state index in [1.165, 1.54) is 12.8 Å². The minimum Gasteiger partial charge on any atom is -0.0712 e. The quantitative estimate of drug-likeness (QED) is 0.635. The van der Waals surface area contributed by atoms with Crippen LogP contribution < -0.4 is 0 Å². The minimum atomic E-state index is 0.435. The molecule has 1 aliphatic carbocycles. The molecule has 0 spiro atoms. The third-order valence-corrected chi connectivity index (χ3v) is 2.91. The van der Waals surface area contributed by atoms with Gasteiger partial charge >= 0.3 is 0 Å². The molecule has 1 rings (SSSR count). The van der Waals surface area contributed by atoms with Crippen LogP contribution in [0.3, 0.4) is 0 Å². The zero-order valence-corrected chi connectivity index (χ0v) is 8.49. The monoisotopic (exact) mass is 192 g/mol. The van der Waals surface area contributed by atoms with E-state index in [4.69, 9.17) is 23.2 Å². The van der Waals surface area contributed by atoms with E-state index in [0.717, 1.165) is 11.8 Å². The van der Waals surface area contributed by atoms with E-state index in [1.54, 1.807) is 0 Å². The second-order valence-corrected chi connectivity index (χ2v) is 4.19. The standard InChI is InChI=1S/C9H14Cl2/c1-3-6-7(4-2)8(6)5-9(10)11/h5-8H,3-4H2,1-2H3/t6-,7-/m1/s1. The van der Waals surface area contributed by atoms with Crippen molar-refractivity contribution >= 4 is 23.2 Å². The molecule has 2 atom stereocenters. The van der Waals surface area contributed by atoms with Crippen LogP contribution in [0.25, 0.3) is 0 Å². The first-order valence-corrected chi connectivity index (χ1v) is 4.99. The Morgan fingerprint density at radius 2 is 1.64 bits per heavy atom. The van der Waals surface area contributed by atoms with Crippen LogP contribution in [0, 0.1) is 17.8 Å². The van der Waals surface area contributed by atoms with Crippen LogP contribution in [0.2, 0.25) is 0 Å². The average Bonchev–Trinajstić information content (AvgIpc) is 2.60. The highest BCUT2D eigenvalue weighted by Gasteiger charge is 2.45. The number of rotatable bonds is 3. The highest BCUT2D eigenvalue weighted by atomic mass is 35.5. The Morgan fingerprint density at radius 1 is 1.18 bits per heavy atom. The van der Waals surface area contributed by atoms with E-state index >= 15 is 0 Å². The first kappa shape index (κ1) is 9.41. The molecule has 0 amide bonds. The molecule has 11 heavy (non-hydrogen) atoms. The number of halogens is 2. The van der Waals surface area contributed by atoms with Crippen LogP contribution >= 0.6 is 23.2 Å². The fraction of sp³-hybridized carbons (Fsp3) is 0.778. The highest BCUT2D eigenvalue weighted by Crippen LogP contribution is 2.52. The Balaban J connectivity index is 2.45. The molecule has 0 radical (unpaired) electrons. The normalized spacial score (nSPS) is 35.1. The molecule has 0 aromatic heterocycles. The lowest BCUT2D eigenvalue weighted by atomic mass is 10.2. The molecule has 0 unspecified atom stereocenters. The van der Waals surface area contributed by atoms with Crippen molar-refractivity contribution in [1.82, 2.24) is 0 Å². The van der Waals surface area contributed by atoms with Crippen LogP contribution in [-0.4, -0.2) is 0 Å². The van der Waals surface area contributed by atoms with Crippen molar-refractivity contribution in [2.45, 2.75) is 26.7 Å². The van der Waals surface area contributed by atoms with Crippen LogP contribution in [0.1, 0.15) is 26.7 Å². The number of allylic oxidation sites excluding steroid dienone is 1. The summed E-state index contributed by atoms with van der Waals surface area (Å²) < 4.78 is 0.435. The van der Waals surface area contributed by atoms with Crippen LogP contribution in [0.15, 0.2) is 10.6 Å². The van der Waals surface area contributed by atoms with Crippen molar-refractivity contribution in [1.29, 1.82) is 0 Å². The van der Waals surface area contributed by atoms with Gasteiger partial charge in [0, 0.05) is 0 Å². The molecule has 0 N–H and O–H groups in total. The van der Waals surface area contributed by atoms with Gasteiger partial charge in [-0.15, -0.1) is 0 Å².